The minimum Gasteiger partial charge on any atom is -0.315 e. The zero-order chi connectivity index (χ0) is 17.3. The van der Waals surface area contributed by atoms with Gasteiger partial charge in [-0.1, -0.05) is 6.07 Å². The molecule has 24 heavy (non-hydrogen) atoms. The molecular formula is C15H19FN3O4S+. The summed E-state index contributed by atoms with van der Waals surface area (Å²) in [5.74, 6) is -0.920. The summed E-state index contributed by atoms with van der Waals surface area (Å²) in [6.07, 6.45) is 0.512. The number of likely N-dealkylation sites (tertiary alicyclic amines) is 1. The predicted molar refractivity (Wildman–Crippen MR) is 81.8 cm³/mol. The van der Waals surface area contributed by atoms with Gasteiger partial charge in [-0.3, -0.25) is 9.59 Å². The number of hydrogen-bond donors (Lipinski definition) is 1. The lowest BCUT2D eigenvalue weighted by molar-refractivity contribution is -0.910. The van der Waals surface area contributed by atoms with E-state index in [9.17, 15) is 22.4 Å². The maximum Gasteiger partial charge on any atom is 0.243 e. The van der Waals surface area contributed by atoms with Crippen LogP contribution in [0.5, 0.6) is 0 Å². The monoisotopic (exact) mass is 356 g/mol. The zero-order valence-electron chi connectivity index (χ0n) is 13.1. The van der Waals surface area contributed by atoms with Crippen molar-refractivity contribution in [2.24, 2.45) is 0 Å². The van der Waals surface area contributed by atoms with Crippen LogP contribution in [0.3, 0.4) is 0 Å². The van der Waals surface area contributed by atoms with E-state index in [0.717, 1.165) is 11.0 Å². The van der Waals surface area contributed by atoms with Crippen LogP contribution < -0.4 is 4.90 Å². The van der Waals surface area contributed by atoms with Crippen LogP contribution in [0.1, 0.15) is 12.8 Å². The summed E-state index contributed by atoms with van der Waals surface area (Å²) in [7, 11) is -3.72. The number of rotatable bonds is 4. The SMILES string of the molecule is O=C1CCC(=O)N1C[NH+]1CCN(S(=O)(=O)c2cccc(F)c2)CC1. The van der Waals surface area contributed by atoms with Crippen molar-refractivity contribution in [3.63, 3.8) is 0 Å². The van der Waals surface area contributed by atoms with Gasteiger partial charge in [0.25, 0.3) is 0 Å². The van der Waals surface area contributed by atoms with Gasteiger partial charge in [0, 0.05) is 12.8 Å². The molecule has 1 aromatic carbocycles. The Labute approximate surface area is 139 Å². The molecule has 0 atom stereocenters. The molecule has 2 heterocycles. The minimum absolute atomic E-state index is 0.0594. The highest BCUT2D eigenvalue weighted by Gasteiger charge is 2.35. The summed E-state index contributed by atoms with van der Waals surface area (Å²) in [4.78, 5) is 25.5. The van der Waals surface area contributed by atoms with Crippen LogP contribution in [0, 0.1) is 5.82 Å². The Morgan fingerprint density at radius 2 is 1.71 bits per heavy atom. The molecule has 7 nitrogen and oxygen atoms in total. The van der Waals surface area contributed by atoms with Crippen LogP contribution in [0.15, 0.2) is 29.2 Å². The third-order valence-electron chi connectivity index (χ3n) is 4.40. The van der Waals surface area contributed by atoms with E-state index in [2.05, 4.69) is 0 Å². The number of imide groups is 1. The molecule has 3 rings (SSSR count). The van der Waals surface area contributed by atoms with Gasteiger partial charge in [0.15, 0.2) is 6.67 Å². The molecule has 0 spiro atoms. The van der Waals surface area contributed by atoms with Crippen molar-refractivity contribution >= 4 is 21.8 Å². The van der Waals surface area contributed by atoms with Gasteiger partial charge in [-0.25, -0.2) is 17.7 Å². The van der Waals surface area contributed by atoms with Crippen molar-refractivity contribution in [2.75, 3.05) is 32.8 Å². The smallest absolute Gasteiger partial charge is 0.243 e. The van der Waals surface area contributed by atoms with E-state index < -0.39 is 15.8 Å². The van der Waals surface area contributed by atoms with Crippen molar-refractivity contribution in [1.29, 1.82) is 0 Å². The van der Waals surface area contributed by atoms with Crippen LogP contribution in [-0.2, 0) is 19.6 Å². The van der Waals surface area contributed by atoms with E-state index in [1.807, 2.05) is 0 Å². The van der Waals surface area contributed by atoms with E-state index >= 15 is 0 Å². The number of piperazine rings is 1. The fourth-order valence-electron chi connectivity index (χ4n) is 3.00. The Morgan fingerprint density at radius 1 is 1.08 bits per heavy atom. The minimum atomic E-state index is -3.72. The second-order valence-electron chi connectivity index (χ2n) is 5.99. The number of carbonyl (C=O) groups excluding carboxylic acids is 2. The normalized spacial score (nSPS) is 20.8. The lowest BCUT2D eigenvalue weighted by Gasteiger charge is -2.32. The molecular weight excluding hydrogens is 337 g/mol. The molecule has 2 aliphatic rings. The van der Waals surface area contributed by atoms with Gasteiger partial charge in [-0.15, -0.1) is 0 Å². The van der Waals surface area contributed by atoms with Crippen molar-refractivity contribution < 1.29 is 27.3 Å². The van der Waals surface area contributed by atoms with Gasteiger partial charge in [-0.05, 0) is 18.2 Å². The van der Waals surface area contributed by atoms with Crippen LogP contribution in [-0.4, -0.2) is 62.3 Å². The van der Waals surface area contributed by atoms with E-state index in [1.165, 1.54) is 27.4 Å². The molecule has 2 fully saturated rings. The summed E-state index contributed by atoms with van der Waals surface area (Å²) in [6.45, 7) is 1.80. The number of amides is 2. The molecule has 9 heteroatoms. The number of hydrogen-bond acceptors (Lipinski definition) is 4. The molecule has 0 bridgehead atoms. The molecule has 1 N–H and O–H groups in total. The van der Waals surface area contributed by atoms with E-state index in [-0.39, 0.29) is 49.3 Å². The van der Waals surface area contributed by atoms with E-state index in [1.54, 1.807) is 0 Å². The highest BCUT2D eigenvalue weighted by atomic mass is 32.2. The number of sulfonamides is 1. The Morgan fingerprint density at radius 3 is 2.29 bits per heavy atom. The van der Waals surface area contributed by atoms with E-state index in [4.69, 9.17) is 0 Å². The fourth-order valence-corrected chi connectivity index (χ4v) is 4.47. The molecule has 2 aliphatic heterocycles. The van der Waals surface area contributed by atoms with Crippen LogP contribution >= 0.6 is 0 Å². The van der Waals surface area contributed by atoms with Crippen molar-refractivity contribution in [3.8, 4) is 0 Å². The molecule has 2 amide bonds. The van der Waals surface area contributed by atoms with Crippen LogP contribution in [0.25, 0.3) is 0 Å². The fraction of sp³-hybridized carbons (Fsp3) is 0.467. The van der Waals surface area contributed by atoms with Gasteiger partial charge in [0.2, 0.25) is 21.8 Å². The first-order chi connectivity index (χ1) is 11.4. The third-order valence-corrected chi connectivity index (χ3v) is 6.29. The molecule has 1 aromatic rings. The summed E-state index contributed by atoms with van der Waals surface area (Å²) in [6, 6.07) is 4.95. The molecule has 0 unspecified atom stereocenters. The molecule has 0 aromatic heterocycles. The average molecular weight is 356 g/mol. The molecule has 0 aliphatic carbocycles. The first kappa shape index (κ1) is 17.0. The van der Waals surface area contributed by atoms with Crippen LogP contribution in [0.2, 0.25) is 0 Å². The zero-order valence-corrected chi connectivity index (χ0v) is 13.9. The number of benzene rings is 1. The average Bonchev–Trinajstić information content (AvgIpc) is 2.87. The van der Waals surface area contributed by atoms with Gasteiger partial charge in [0.05, 0.1) is 31.1 Å². The standard InChI is InChI=1S/C15H18FN3O4S/c16-12-2-1-3-13(10-12)24(22,23)18-8-6-17(7-9-18)11-19-14(20)4-5-15(19)21/h1-3,10H,4-9,11H2/p+1. The number of nitrogens with one attached hydrogen (secondary N) is 1. The lowest BCUT2D eigenvalue weighted by atomic mass is 10.3. The predicted octanol–water partition coefficient (Wildman–Crippen LogP) is -1.18. The molecule has 2 saturated heterocycles. The van der Waals surface area contributed by atoms with Crippen molar-refractivity contribution in [3.05, 3.63) is 30.1 Å². The maximum absolute atomic E-state index is 13.3. The van der Waals surface area contributed by atoms with Gasteiger partial charge >= 0.3 is 0 Å². The van der Waals surface area contributed by atoms with Crippen molar-refractivity contribution in [2.45, 2.75) is 17.7 Å². The first-order valence-corrected chi connectivity index (χ1v) is 9.24. The number of carbonyl (C=O) groups is 2. The van der Waals surface area contributed by atoms with Crippen molar-refractivity contribution in [1.82, 2.24) is 9.21 Å². The first-order valence-electron chi connectivity index (χ1n) is 7.80. The second kappa shape index (κ2) is 6.58. The largest absolute Gasteiger partial charge is 0.315 e. The highest BCUT2D eigenvalue weighted by molar-refractivity contribution is 7.89. The second-order valence-corrected chi connectivity index (χ2v) is 7.92. The summed E-state index contributed by atoms with van der Waals surface area (Å²) in [5, 5.41) is 0. The lowest BCUT2D eigenvalue weighted by Crippen LogP contribution is -3.16. The number of nitrogens with zero attached hydrogens (tertiary/aromatic N) is 2. The molecule has 0 radical (unpaired) electrons. The highest BCUT2D eigenvalue weighted by Crippen LogP contribution is 2.16. The summed E-state index contributed by atoms with van der Waals surface area (Å²) >= 11 is 0. The Bertz CT molecular complexity index is 744. The molecule has 0 saturated carbocycles. The maximum atomic E-state index is 13.3. The summed E-state index contributed by atoms with van der Waals surface area (Å²) < 4.78 is 39.6. The summed E-state index contributed by atoms with van der Waals surface area (Å²) in [5.41, 5.74) is 0. The topological polar surface area (TPSA) is 79.2 Å². The Hall–Kier alpha value is -1.84. The van der Waals surface area contributed by atoms with Gasteiger partial charge < -0.3 is 4.90 Å². The van der Waals surface area contributed by atoms with E-state index in [0.29, 0.717) is 13.1 Å². The third kappa shape index (κ3) is 3.33. The quantitative estimate of drug-likeness (QED) is 0.689. The Kier molecular flexibility index (Phi) is 4.66. The van der Waals surface area contributed by atoms with Gasteiger partial charge in [-0.2, -0.15) is 4.31 Å². The number of quaternary nitrogens is 1. The van der Waals surface area contributed by atoms with Crippen LogP contribution in [0.4, 0.5) is 4.39 Å². The number of halogens is 1. The Balaban J connectivity index is 1.62. The molecule has 130 valence electrons. The van der Waals surface area contributed by atoms with Gasteiger partial charge in [0.1, 0.15) is 5.82 Å².